The molecule has 0 saturated carbocycles. The minimum absolute atomic E-state index is 0. The van der Waals surface area contributed by atoms with Gasteiger partial charge in [0.1, 0.15) is 0 Å². The van der Waals surface area contributed by atoms with Crippen LogP contribution in [-0.4, -0.2) is 18.8 Å². The Balaban J connectivity index is 0.000000471. The molecule has 160 valence electrons. The monoisotopic (exact) mass is 536 g/mol. The number of fused-ring (bicyclic) bond motifs is 3. The molecule has 0 unspecified atom stereocenters. The molecule has 0 saturated heterocycles. The van der Waals surface area contributed by atoms with Crippen molar-refractivity contribution < 1.29 is 58.2 Å². The number of hydrogen-bond acceptors (Lipinski definition) is 2. The van der Waals surface area contributed by atoms with E-state index >= 15 is 0 Å². The fourth-order valence-electron chi connectivity index (χ4n) is 2.63. The van der Waals surface area contributed by atoms with Crippen molar-refractivity contribution in [3.05, 3.63) is 78.9 Å². The number of rotatable bonds is 4. The standard InChI is InChI=1S/C13H9.C9H15O2Si.C2H4.2ClH.Zr/c1-3-7-12-10(5-1)9-11-6-2-4-8-13(11)12;1-12(2,3)11-8-10-9-6-4-5-7-9;1-2;;;/h1-9H;4-7H,8H2,1-3H3;1H,2H3;2*1H;/q2*-1;;;;+2/p-2. The molecule has 0 spiro atoms. The Morgan fingerprint density at radius 2 is 1.37 bits per heavy atom. The van der Waals surface area contributed by atoms with Gasteiger partial charge < -0.3 is 34.0 Å². The Hall–Kier alpha value is -1.03. The maximum Gasteiger partial charge on any atom is 0.188 e. The molecule has 0 amide bonds. The van der Waals surface area contributed by atoms with Gasteiger partial charge in [-0.25, -0.2) is 6.07 Å². The third kappa shape index (κ3) is 9.85. The average molecular weight is 539 g/mol. The summed E-state index contributed by atoms with van der Waals surface area (Å²) in [7, 11) is -1.42. The predicted octanol–water partition coefficient (Wildman–Crippen LogP) is 0.669. The maximum atomic E-state index is 5.52. The largest absolute Gasteiger partial charge is 1.00 e. The Morgan fingerprint density at radius 1 is 0.867 bits per heavy atom. The molecule has 30 heavy (non-hydrogen) atoms. The molecule has 0 radical (unpaired) electrons. The summed E-state index contributed by atoms with van der Waals surface area (Å²) in [5.41, 5.74) is 0. The first-order chi connectivity index (χ1) is 13.4. The van der Waals surface area contributed by atoms with E-state index in [2.05, 4.69) is 77.9 Å². The molecule has 0 bridgehead atoms. The number of hydrogen-bond donors (Lipinski definition) is 0. The quantitative estimate of drug-likeness (QED) is 0.216. The van der Waals surface area contributed by atoms with E-state index in [1.807, 2.05) is 31.2 Å². The van der Waals surface area contributed by atoms with Gasteiger partial charge in [0.25, 0.3) is 0 Å². The van der Waals surface area contributed by atoms with E-state index in [4.69, 9.17) is 9.16 Å². The second kappa shape index (κ2) is 14.9. The van der Waals surface area contributed by atoms with Gasteiger partial charge in [0.05, 0.1) is 0 Å². The van der Waals surface area contributed by atoms with Crippen LogP contribution in [0.3, 0.4) is 0 Å². The van der Waals surface area contributed by atoms with Crippen molar-refractivity contribution in [1.29, 1.82) is 0 Å². The van der Waals surface area contributed by atoms with E-state index in [-0.39, 0.29) is 24.8 Å². The molecule has 0 aromatic heterocycles. The molecular weight excluding hydrogens is 510 g/mol. The van der Waals surface area contributed by atoms with Crippen LogP contribution in [0.1, 0.15) is 6.92 Å². The summed E-state index contributed by atoms with van der Waals surface area (Å²) in [5.74, 6) is 0.883. The van der Waals surface area contributed by atoms with Crippen molar-refractivity contribution >= 4 is 33.6 Å². The summed E-state index contributed by atoms with van der Waals surface area (Å²) >= 11 is 1.51. The van der Waals surface area contributed by atoms with Gasteiger partial charge >= 0.3 is 34.9 Å². The molecule has 4 rings (SSSR count). The van der Waals surface area contributed by atoms with Gasteiger partial charge in [-0.05, 0) is 19.6 Å². The number of halogens is 2. The van der Waals surface area contributed by atoms with Crippen LogP contribution >= 0.6 is 0 Å². The van der Waals surface area contributed by atoms with Crippen LogP contribution in [0, 0.1) is 0 Å². The van der Waals surface area contributed by atoms with Crippen LogP contribution in [-0.2, 0) is 28.7 Å². The van der Waals surface area contributed by atoms with Crippen molar-refractivity contribution in [2.24, 2.45) is 0 Å². The van der Waals surface area contributed by atoms with E-state index in [1.54, 1.807) is 0 Å². The fourth-order valence-corrected chi connectivity index (χ4v) is 3.04. The zero-order chi connectivity index (χ0) is 20.4. The van der Waals surface area contributed by atoms with Crippen LogP contribution < -0.4 is 29.6 Å². The van der Waals surface area contributed by atoms with Crippen molar-refractivity contribution in [3.63, 3.8) is 0 Å². The maximum absolute atomic E-state index is 5.52. The first-order valence-corrected chi connectivity index (χ1v) is 14.2. The van der Waals surface area contributed by atoms with Crippen LogP contribution in [0.25, 0.3) is 21.5 Å². The molecular formula is C24H28Cl2O2SiZr-2. The van der Waals surface area contributed by atoms with E-state index in [0.717, 1.165) is 5.75 Å². The third-order valence-corrected chi connectivity index (χ3v) is 4.86. The first kappa shape index (κ1) is 29.0. The summed E-state index contributed by atoms with van der Waals surface area (Å²) in [6.07, 6.45) is 0. The zero-order valence-corrected chi connectivity index (χ0v) is 22.8. The van der Waals surface area contributed by atoms with E-state index in [9.17, 15) is 0 Å². The molecule has 0 atom stereocenters. The smallest absolute Gasteiger partial charge is 0.188 e. The minimum atomic E-state index is -1.42. The van der Waals surface area contributed by atoms with Gasteiger partial charge in [0.2, 0.25) is 0 Å². The molecule has 0 heterocycles. The van der Waals surface area contributed by atoms with Crippen LogP contribution in [0.4, 0.5) is 0 Å². The fraction of sp³-hybridized carbons (Fsp3) is 0.208. The van der Waals surface area contributed by atoms with Crippen molar-refractivity contribution in [2.75, 3.05) is 6.79 Å². The molecule has 0 aliphatic carbocycles. The van der Waals surface area contributed by atoms with Crippen LogP contribution in [0.5, 0.6) is 5.75 Å². The minimum Gasteiger partial charge on any atom is -1.00 e. The normalized spacial score (nSPS) is 9.93. The predicted molar refractivity (Wildman–Crippen MR) is 121 cm³/mol. The first-order valence-electron chi connectivity index (χ1n) is 9.41. The van der Waals surface area contributed by atoms with Gasteiger partial charge in [0, 0.05) is 5.75 Å². The Bertz CT molecular complexity index is 925. The number of ether oxygens (including phenoxy) is 1. The molecule has 0 aliphatic rings. The third-order valence-electron chi connectivity index (χ3n) is 3.87. The molecule has 6 heteroatoms. The molecule has 0 fully saturated rings. The Labute approximate surface area is 208 Å². The van der Waals surface area contributed by atoms with Gasteiger partial charge in [-0.3, -0.25) is 0 Å². The summed E-state index contributed by atoms with van der Waals surface area (Å²) in [4.78, 5) is 0. The summed E-state index contributed by atoms with van der Waals surface area (Å²) in [6.45, 7) is 8.84. The van der Waals surface area contributed by atoms with Gasteiger partial charge in [-0.2, -0.15) is 12.1 Å². The topological polar surface area (TPSA) is 18.5 Å². The zero-order valence-electron chi connectivity index (χ0n) is 17.9. The van der Waals surface area contributed by atoms with Crippen molar-refractivity contribution in [1.82, 2.24) is 0 Å². The molecule has 4 aromatic carbocycles. The average Bonchev–Trinajstić information content (AvgIpc) is 3.29. The van der Waals surface area contributed by atoms with E-state index in [1.165, 1.54) is 45.8 Å². The molecule has 2 nitrogen and oxygen atoms in total. The Morgan fingerprint density at radius 3 is 1.80 bits per heavy atom. The molecule has 0 N–H and O–H groups in total. The van der Waals surface area contributed by atoms with Crippen molar-refractivity contribution in [3.8, 4) is 5.75 Å². The molecule has 0 aliphatic heterocycles. The Kier molecular flexibility index (Phi) is 14.4. The van der Waals surface area contributed by atoms with Crippen molar-refractivity contribution in [2.45, 2.75) is 26.6 Å². The summed E-state index contributed by atoms with van der Waals surface area (Å²) < 4.78 is 12.9. The van der Waals surface area contributed by atoms with Crippen LogP contribution in [0.15, 0.2) is 78.9 Å². The number of benzene rings is 2. The van der Waals surface area contributed by atoms with Gasteiger partial charge in [-0.15, -0.1) is 45.8 Å². The van der Waals surface area contributed by atoms with Gasteiger partial charge in [0.15, 0.2) is 15.1 Å². The van der Waals surface area contributed by atoms with Crippen LogP contribution in [0.2, 0.25) is 19.6 Å². The molecule has 4 aromatic rings. The second-order valence-electron chi connectivity index (χ2n) is 7.25. The van der Waals surface area contributed by atoms with E-state index in [0.29, 0.717) is 6.79 Å². The SMILES string of the molecule is C[CH]=[Zr+2].C[Si](C)(C)OCOc1ccc[cH-]1.[Cl-].[Cl-].c1ccc2c(c1)[cH-]c1ccccc12. The van der Waals surface area contributed by atoms with Gasteiger partial charge in [-0.1, -0.05) is 36.4 Å². The summed E-state index contributed by atoms with van der Waals surface area (Å²) in [6, 6.07) is 27.0. The van der Waals surface area contributed by atoms with E-state index < -0.39 is 8.32 Å². The second-order valence-corrected chi connectivity index (χ2v) is 13.2. The summed E-state index contributed by atoms with van der Waals surface area (Å²) in [5, 5.41) is 5.39.